The molecule has 0 saturated heterocycles. The monoisotopic (exact) mass is 485 g/mol. The highest BCUT2D eigenvalue weighted by Gasteiger charge is 2.14. The van der Waals surface area contributed by atoms with Gasteiger partial charge in [-0.05, 0) is 60.7 Å². The van der Waals surface area contributed by atoms with Crippen LogP contribution in [-0.4, -0.2) is 16.0 Å². The molecule has 29 heavy (non-hydrogen) atoms. The van der Waals surface area contributed by atoms with Crippen molar-refractivity contribution in [2.24, 2.45) is 0 Å². The second kappa shape index (κ2) is 8.32. The van der Waals surface area contributed by atoms with E-state index in [1.54, 1.807) is 36.4 Å². The summed E-state index contributed by atoms with van der Waals surface area (Å²) < 4.78 is 6.61. The molecule has 5 nitrogen and oxygen atoms in total. The normalized spacial score (nSPS) is 10.7. The standard InChI is InChI=1S/C21H13BrClN3O2S/c22-13-5-3-4-12(10-13)19(27)26-21(29)24-14-8-9-16(23)15(11-14)20-25-17-6-1-2-7-18(17)28-20/h1-11H,(H2,24,26,27,29). The topological polar surface area (TPSA) is 67.2 Å². The Hall–Kier alpha value is -2.74. The van der Waals surface area contributed by atoms with Crippen LogP contribution in [0.1, 0.15) is 10.4 Å². The van der Waals surface area contributed by atoms with Crippen molar-refractivity contribution in [3.8, 4) is 11.5 Å². The predicted octanol–water partition coefficient (Wildman–Crippen LogP) is 6.04. The van der Waals surface area contributed by atoms with Crippen LogP contribution < -0.4 is 10.6 Å². The number of anilines is 1. The third kappa shape index (κ3) is 4.48. The van der Waals surface area contributed by atoms with Gasteiger partial charge in [0.15, 0.2) is 10.7 Å². The number of amides is 1. The van der Waals surface area contributed by atoms with Crippen molar-refractivity contribution in [3.63, 3.8) is 0 Å². The highest BCUT2D eigenvalue weighted by Crippen LogP contribution is 2.32. The van der Waals surface area contributed by atoms with Gasteiger partial charge in [0.05, 0.1) is 10.6 Å². The lowest BCUT2D eigenvalue weighted by molar-refractivity contribution is 0.0977. The second-order valence-electron chi connectivity index (χ2n) is 6.10. The van der Waals surface area contributed by atoms with E-state index >= 15 is 0 Å². The SMILES string of the molecule is O=C(NC(=S)Nc1ccc(Cl)c(-c2nc3ccccc3o2)c1)c1cccc(Br)c1. The lowest BCUT2D eigenvalue weighted by Gasteiger charge is -2.11. The molecule has 0 aliphatic rings. The summed E-state index contributed by atoms with van der Waals surface area (Å²) in [6.07, 6.45) is 0. The van der Waals surface area contributed by atoms with Gasteiger partial charge in [-0.2, -0.15) is 0 Å². The number of hydrogen-bond acceptors (Lipinski definition) is 4. The van der Waals surface area contributed by atoms with Gasteiger partial charge < -0.3 is 9.73 Å². The molecule has 1 heterocycles. The van der Waals surface area contributed by atoms with Gasteiger partial charge >= 0.3 is 0 Å². The number of benzene rings is 3. The summed E-state index contributed by atoms with van der Waals surface area (Å²) in [5, 5.41) is 6.30. The van der Waals surface area contributed by atoms with E-state index in [4.69, 9.17) is 28.2 Å². The first-order valence-electron chi connectivity index (χ1n) is 8.53. The van der Waals surface area contributed by atoms with Gasteiger partial charge in [0.25, 0.3) is 5.91 Å². The van der Waals surface area contributed by atoms with Gasteiger partial charge in [0, 0.05) is 15.7 Å². The van der Waals surface area contributed by atoms with Crippen molar-refractivity contribution in [1.29, 1.82) is 0 Å². The summed E-state index contributed by atoms with van der Waals surface area (Å²) in [7, 11) is 0. The second-order valence-corrected chi connectivity index (χ2v) is 7.83. The molecule has 3 aromatic carbocycles. The average molecular weight is 487 g/mol. The molecule has 2 N–H and O–H groups in total. The molecule has 8 heteroatoms. The van der Waals surface area contributed by atoms with Crippen molar-refractivity contribution in [2.45, 2.75) is 0 Å². The number of oxazole rings is 1. The minimum atomic E-state index is -0.308. The molecular formula is C21H13BrClN3O2S. The van der Waals surface area contributed by atoms with E-state index in [2.05, 4.69) is 31.5 Å². The average Bonchev–Trinajstić information content (AvgIpc) is 3.13. The van der Waals surface area contributed by atoms with E-state index in [0.29, 0.717) is 33.3 Å². The van der Waals surface area contributed by atoms with Crippen LogP contribution in [0.2, 0.25) is 5.02 Å². The zero-order chi connectivity index (χ0) is 20.4. The third-order valence-corrected chi connectivity index (χ3v) is 5.09. The first kappa shape index (κ1) is 19.6. The fourth-order valence-corrected chi connectivity index (χ4v) is 3.53. The maximum atomic E-state index is 12.3. The van der Waals surface area contributed by atoms with E-state index in [9.17, 15) is 4.79 Å². The van der Waals surface area contributed by atoms with Gasteiger partial charge in [0.2, 0.25) is 5.89 Å². The van der Waals surface area contributed by atoms with Crippen LogP contribution in [0.4, 0.5) is 5.69 Å². The molecule has 0 unspecified atom stereocenters. The van der Waals surface area contributed by atoms with Crippen LogP contribution >= 0.6 is 39.7 Å². The third-order valence-electron chi connectivity index (χ3n) is 4.06. The Morgan fingerprint density at radius 2 is 1.90 bits per heavy atom. The summed E-state index contributed by atoms with van der Waals surface area (Å²) in [5.74, 6) is 0.0980. The Balaban J connectivity index is 1.53. The Bertz CT molecular complexity index is 1210. The maximum absolute atomic E-state index is 12.3. The Labute approximate surface area is 185 Å². The Morgan fingerprint density at radius 1 is 1.07 bits per heavy atom. The molecule has 4 aromatic rings. The summed E-state index contributed by atoms with van der Waals surface area (Å²) in [5.41, 5.74) is 3.18. The van der Waals surface area contributed by atoms with E-state index in [-0.39, 0.29) is 11.0 Å². The van der Waals surface area contributed by atoms with Crippen LogP contribution in [-0.2, 0) is 0 Å². The van der Waals surface area contributed by atoms with E-state index in [0.717, 1.165) is 9.99 Å². The largest absolute Gasteiger partial charge is 0.436 e. The van der Waals surface area contributed by atoms with Crippen molar-refractivity contribution in [3.05, 3.63) is 81.8 Å². The lowest BCUT2D eigenvalue weighted by atomic mass is 10.2. The van der Waals surface area contributed by atoms with Gasteiger partial charge in [-0.15, -0.1) is 0 Å². The first-order valence-corrected chi connectivity index (χ1v) is 10.1. The number of hydrogen-bond donors (Lipinski definition) is 2. The minimum absolute atomic E-state index is 0.167. The van der Waals surface area contributed by atoms with Crippen LogP contribution in [0, 0.1) is 0 Å². The molecule has 0 aliphatic carbocycles. The van der Waals surface area contributed by atoms with Crippen molar-refractivity contribution in [1.82, 2.24) is 10.3 Å². The zero-order valence-corrected chi connectivity index (χ0v) is 17.9. The molecule has 0 saturated carbocycles. The molecule has 1 aromatic heterocycles. The molecular weight excluding hydrogens is 474 g/mol. The maximum Gasteiger partial charge on any atom is 0.257 e. The van der Waals surface area contributed by atoms with Crippen LogP contribution in [0.15, 0.2) is 75.6 Å². The van der Waals surface area contributed by atoms with Gasteiger partial charge in [-0.25, -0.2) is 4.98 Å². The number of thiocarbonyl (C=S) groups is 1. The molecule has 0 spiro atoms. The number of nitrogens with one attached hydrogen (secondary N) is 2. The van der Waals surface area contributed by atoms with Crippen molar-refractivity contribution in [2.75, 3.05) is 5.32 Å². The molecule has 0 radical (unpaired) electrons. The number of rotatable bonds is 3. The number of fused-ring (bicyclic) bond motifs is 1. The molecule has 0 aliphatic heterocycles. The van der Waals surface area contributed by atoms with Crippen molar-refractivity contribution < 1.29 is 9.21 Å². The van der Waals surface area contributed by atoms with Gasteiger partial charge in [-0.1, -0.05) is 45.7 Å². The van der Waals surface area contributed by atoms with Gasteiger partial charge in [0.1, 0.15) is 5.52 Å². The number of para-hydroxylation sites is 2. The molecule has 1 amide bonds. The summed E-state index contributed by atoms with van der Waals surface area (Å²) >= 11 is 14.9. The van der Waals surface area contributed by atoms with E-state index in [1.807, 2.05) is 30.3 Å². The fourth-order valence-electron chi connectivity index (χ4n) is 2.72. The fraction of sp³-hybridized carbons (Fsp3) is 0. The van der Waals surface area contributed by atoms with E-state index in [1.165, 1.54) is 0 Å². The van der Waals surface area contributed by atoms with Crippen molar-refractivity contribution >= 4 is 67.6 Å². The van der Waals surface area contributed by atoms with Gasteiger partial charge in [-0.3, -0.25) is 10.1 Å². The minimum Gasteiger partial charge on any atom is -0.436 e. The molecule has 0 bridgehead atoms. The summed E-state index contributed by atoms with van der Waals surface area (Å²) in [6.45, 7) is 0. The number of nitrogens with zero attached hydrogens (tertiary/aromatic N) is 1. The summed E-state index contributed by atoms with van der Waals surface area (Å²) in [4.78, 5) is 16.8. The predicted molar refractivity (Wildman–Crippen MR) is 122 cm³/mol. The van der Waals surface area contributed by atoms with Crippen LogP contribution in [0.5, 0.6) is 0 Å². The highest BCUT2D eigenvalue weighted by molar-refractivity contribution is 9.10. The quantitative estimate of drug-likeness (QED) is 0.346. The molecule has 4 rings (SSSR count). The molecule has 0 atom stereocenters. The van der Waals surface area contributed by atoms with Crippen LogP contribution in [0.25, 0.3) is 22.6 Å². The number of carbonyl (C=O) groups excluding carboxylic acids is 1. The van der Waals surface area contributed by atoms with E-state index < -0.39 is 0 Å². The Kier molecular flexibility index (Phi) is 5.62. The molecule has 0 fully saturated rings. The number of aromatic nitrogens is 1. The van der Waals surface area contributed by atoms with Crippen LogP contribution in [0.3, 0.4) is 0 Å². The smallest absolute Gasteiger partial charge is 0.257 e. The zero-order valence-electron chi connectivity index (χ0n) is 14.8. The highest BCUT2D eigenvalue weighted by atomic mass is 79.9. The summed E-state index contributed by atoms with van der Waals surface area (Å²) in [6, 6.07) is 19.8. The number of carbonyl (C=O) groups is 1. The first-order chi connectivity index (χ1) is 14.0. The lowest BCUT2D eigenvalue weighted by Crippen LogP contribution is -2.34. The molecule has 144 valence electrons. The number of halogens is 2. The Morgan fingerprint density at radius 3 is 2.69 bits per heavy atom.